The van der Waals surface area contributed by atoms with Gasteiger partial charge < -0.3 is 5.73 Å². The zero-order chi connectivity index (χ0) is 11.4. The zero-order valence-corrected chi connectivity index (χ0v) is 11.1. The van der Waals surface area contributed by atoms with Crippen LogP contribution >= 0.6 is 27.3 Å². The molecule has 2 aromatic rings. The van der Waals surface area contributed by atoms with Crippen LogP contribution in [0.1, 0.15) is 4.88 Å². The lowest BCUT2D eigenvalue weighted by Crippen LogP contribution is -1.91. The van der Waals surface area contributed by atoms with E-state index in [1.54, 1.807) is 11.3 Å². The molecule has 2 N–H and O–H groups in total. The molecular formula is C13H12BrNS. The number of hydrogen-bond donors (Lipinski definition) is 1. The average molecular weight is 294 g/mol. The molecule has 0 unspecified atom stereocenters. The normalized spacial score (nSPS) is 11.1. The number of hydrogen-bond acceptors (Lipinski definition) is 2. The van der Waals surface area contributed by atoms with Gasteiger partial charge in [-0.2, -0.15) is 0 Å². The van der Waals surface area contributed by atoms with Crippen molar-refractivity contribution >= 4 is 33.3 Å². The molecule has 0 fully saturated rings. The Morgan fingerprint density at radius 3 is 2.75 bits per heavy atom. The Morgan fingerprint density at radius 2 is 2.00 bits per heavy atom. The number of rotatable bonds is 3. The largest absolute Gasteiger partial charge is 0.327 e. The maximum absolute atomic E-state index is 5.43. The smallest absolute Gasteiger partial charge is 0.0360 e. The summed E-state index contributed by atoms with van der Waals surface area (Å²) in [5.41, 5.74) is 6.66. The summed E-state index contributed by atoms with van der Waals surface area (Å²) in [7, 11) is 0. The van der Waals surface area contributed by atoms with Gasteiger partial charge in [0.15, 0.2) is 0 Å². The average Bonchev–Trinajstić information content (AvgIpc) is 2.75. The fourth-order valence-electron chi connectivity index (χ4n) is 1.43. The highest BCUT2D eigenvalue weighted by atomic mass is 79.9. The lowest BCUT2D eigenvalue weighted by molar-refractivity contribution is 1.26. The second-order valence-electron chi connectivity index (χ2n) is 3.32. The minimum Gasteiger partial charge on any atom is -0.327 e. The Bertz CT molecular complexity index is 502. The fraction of sp³-hybridized carbons (Fsp3) is 0.0769. The number of thiophene rings is 1. The highest BCUT2D eigenvalue weighted by Crippen LogP contribution is 2.33. The van der Waals surface area contributed by atoms with E-state index in [9.17, 15) is 0 Å². The summed E-state index contributed by atoms with van der Waals surface area (Å²) in [6.07, 6.45) is 4.03. The molecule has 1 aromatic heterocycles. The third-order valence-electron chi connectivity index (χ3n) is 2.18. The standard InChI is InChI=1S/C13H12BrNS/c14-12-6-2-1-5-11(12)13-8-7-10(16-13)4-3-9-15/h1-8H,9,15H2. The van der Waals surface area contributed by atoms with E-state index in [1.165, 1.54) is 15.3 Å². The maximum atomic E-state index is 5.43. The SMILES string of the molecule is NCC=Cc1ccc(-c2ccccc2Br)s1. The maximum Gasteiger partial charge on any atom is 0.0360 e. The van der Waals surface area contributed by atoms with Crippen molar-refractivity contribution in [1.82, 2.24) is 0 Å². The van der Waals surface area contributed by atoms with Gasteiger partial charge in [0.2, 0.25) is 0 Å². The molecule has 0 saturated carbocycles. The van der Waals surface area contributed by atoms with E-state index in [0.717, 1.165) is 4.47 Å². The van der Waals surface area contributed by atoms with Crippen molar-refractivity contribution in [3.05, 3.63) is 51.8 Å². The lowest BCUT2D eigenvalue weighted by atomic mass is 10.2. The summed E-state index contributed by atoms with van der Waals surface area (Å²) < 4.78 is 1.13. The van der Waals surface area contributed by atoms with Gasteiger partial charge in [-0.3, -0.25) is 0 Å². The third kappa shape index (κ3) is 2.61. The predicted molar refractivity (Wildman–Crippen MR) is 75.5 cm³/mol. The van der Waals surface area contributed by atoms with Crippen LogP contribution in [0.15, 0.2) is 46.9 Å². The molecule has 82 valence electrons. The van der Waals surface area contributed by atoms with Crippen LogP contribution in [0.4, 0.5) is 0 Å². The van der Waals surface area contributed by atoms with Gasteiger partial charge in [-0.05, 0) is 24.3 Å². The predicted octanol–water partition coefficient (Wildman–Crippen LogP) is 4.15. The monoisotopic (exact) mass is 293 g/mol. The van der Waals surface area contributed by atoms with Gasteiger partial charge in [0.1, 0.15) is 0 Å². The van der Waals surface area contributed by atoms with E-state index in [4.69, 9.17) is 5.73 Å². The molecule has 0 aliphatic heterocycles. The first-order chi connectivity index (χ1) is 7.81. The van der Waals surface area contributed by atoms with Gasteiger partial charge in [-0.25, -0.2) is 0 Å². The van der Waals surface area contributed by atoms with Crippen LogP contribution in [0.2, 0.25) is 0 Å². The molecule has 3 heteroatoms. The molecule has 0 aliphatic carbocycles. The molecule has 1 aromatic carbocycles. The Labute approximate surface area is 108 Å². The third-order valence-corrected chi connectivity index (χ3v) is 3.96. The number of nitrogens with two attached hydrogens (primary N) is 1. The van der Waals surface area contributed by atoms with Crippen LogP contribution in [-0.2, 0) is 0 Å². The Kier molecular flexibility index (Phi) is 3.93. The number of benzene rings is 1. The molecule has 0 aliphatic rings. The van der Waals surface area contributed by atoms with Crippen molar-refractivity contribution in [2.24, 2.45) is 5.73 Å². The van der Waals surface area contributed by atoms with Crippen molar-refractivity contribution in [3.63, 3.8) is 0 Å². The highest BCUT2D eigenvalue weighted by molar-refractivity contribution is 9.10. The summed E-state index contributed by atoms with van der Waals surface area (Å²) in [6, 6.07) is 12.5. The molecule has 0 radical (unpaired) electrons. The second kappa shape index (κ2) is 5.43. The first-order valence-corrected chi connectivity index (χ1v) is 6.63. The van der Waals surface area contributed by atoms with E-state index in [1.807, 2.05) is 12.1 Å². The zero-order valence-electron chi connectivity index (χ0n) is 8.69. The summed E-state index contributed by atoms with van der Waals surface area (Å²) in [4.78, 5) is 2.50. The molecule has 2 rings (SSSR count). The summed E-state index contributed by atoms with van der Waals surface area (Å²) in [6.45, 7) is 0.586. The topological polar surface area (TPSA) is 26.0 Å². The summed E-state index contributed by atoms with van der Waals surface area (Å²) >= 11 is 5.33. The van der Waals surface area contributed by atoms with E-state index in [2.05, 4.69) is 52.3 Å². The van der Waals surface area contributed by atoms with Crippen LogP contribution in [0, 0.1) is 0 Å². The molecule has 0 spiro atoms. The molecule has 0 atom stereocenters. The Hall–Kier alpha value is -0.900. The van der Waals surface area contributed by atoms with Gasteiger partial charge in [0.05, 0.1) is 0 Å². The van der Waals surface area contributed by atoms with Gasteiger partial charge in [-0.1, -0.05) is 40.2 Å². The quantitative estimate of drug-likeness (QED) is 0.904. The minimum absolute atomic E-state index is 0.586. The Morgan fingerprint density at radius 1 is 1.19 bits per heavy atom. The summed E-state index contributed by atoms with van der Waals surface area (Å²) in [5, 5.41) is 0. The summed E-state index contributed by atoms with van der Waals surface area (Å²) in [5.74, 6) is 0. The molecule has 1 nitrogen and oxygen atoms in total. The van der Waals surface area contributed by atoms with Gasteiger partial charge >= 0.3 is 0 Å². The van der Waals surface area contributed by atoms with E-state index < -0.39 is 0 Å². The van der Waals surface area contributed by atoms with Crippen molar-refractivity contribution in [1.29, 1.82) is 0 Å². The van der Waals surface area contributed by atoms with Crippen molar-refractivity contribution < 1.29 is 0 Å². The molecule has 0 saturated heterocycles. The molecule has 0 bridgehead atoms. The highest BCUT2D eigenvalue weighted by Gasteiger charge is 2.04. The van der Waals surface area contributed by atoms with Crippen LogP contribution in [0.25, 0.3) is 16.5 Å². The Balaban J connectivity index is 2.32. The fourth-order valence-corrected chi connectivity index (χ4v) is 3.04. The second-order valence-corrected chi connectivity index (χ2v) is 5.29. The lowest BCUT2D eigenvalue weighted by Gasteiger charge is -1.99. The first kappa shape index (κ1) is 11.6. The minimum atomic E-state index is 0.586. The van der Waals surface area contributed by atoms with Gasteiger partial charge in [-0.15, -0.1) is 11.3 Å². The van der Waals surface area contributed by atoms with E-state index >= 15 is 0 Å². The van der Waals surface area contributed by atoms with Crippen LogP contribution < -0.4 is 5.73 Å². The van der Waals surface area contributed by atoms with Crippen molar-refractivity contribution in [3.8, 4) is 10.4 Å². The molecule has 16 heavy (non-hydrogen) atoms. The van der Waals surface area contributed by atoms with Crippen molar-refractivity contribution in [2.75, 3.05) is 6.54 Å². The molecular weight excluding hydrogens is 282 g/mol. The number of halogens is 1. The van der Waals surface area contributed by atoms with E-state index in [0.29, 0.717) is 6.54 Å². The van der Waals surface area contributed by atoms with Gasteiger partial charge in [0.25, 0.3) is 0 Å². The van der Waals surface area contributed by atoms with Crippen LogP contribution in [0.3, 0.4) is 0 Å². The van der Waals surface area contributed by atoms with Crippen molar-refractivity contribution in [2.45, 2.75) is 0 Å². The first-order valence-electron chi connectivity index (χ1n) is 5.02. The van der Waals surface area contributed by atoms with Crippen LogP contribution in [0.5, 0.6) is 0 Å². The van der Waals surface area contributed by atoms with Crippen LogP contribution in [-0.4, -0.2) is 6.54 Å². The van der Waals surface area contributed by atoms with Gasteiger partial charge in [0, 0.05) is 26.3 Å². The molecule has 0 amide bonds. The van der Waals surface area contributed by atoms with E-state index in [-0.39, 0.29) is 0 Å². The molecule has 1 heterocycles.